The van der Waals surface area contributed by atoms with Gasteiger partial charge in [-0.25, -0.2) is 9.97 Å². The van der Waals surface area contributed by atoms with Gasteiger partial charge in [0.15, 0.2) is 0 Å². The second-order valence-electron chi connectivity index (χ2n) is 5.62. The first kappa shape index (κ1) is 14.7. The average Bonchev–Trinajstić information content (AvgIpc) is 3.20. The van der Waals surface area contributed by atoms with Crippen molar-refractivity contribution in [1.82, 2.24) is 20.6 Å². The minimum absolute atomic E-state index is 0.0316. The molecular formula is C14H23N5O. The third-order valence-electron chi connectivity index (χ3n) is 3.07. The molecule has 1 aliphatic carbocycles. The van der Waals surface area contributed by atoms with Crippen LogP contribution in [0.5, 0.6) is 0 Å². The molecule has 0 aliphatic heterocycles. The molecule has 20 heavy (non-hydrogen) atoms. The molecular weight excluding hydrogens is 254 g/mol. The zero-order valence-corrected chi connectivity index (χ0v) is 12.4. The summed E-state index contributed by atoms with van der Waals surface area (Å²) in [6, 6.07) is 0.824. The van der Waals surface area contributed by atoms with Crippen LogP contribution in [0.15, 0.2) is 12.4 Å². The largest absolute Gasteiger partial charge is 0.352 e. The number of carbonyl (C=O) groups excluding carboxylic acids is 1. The first-order valence-electron chi connectivity index (χ1n) is 7.09. The van der Waals surface area contributed by atoms with Crippen molar-refractivity contribution in [1.29, 1.82) is 0 Å². The van der Waals surface area contributed by atoms with E-state index >= 15 is 0 Å². The summed E-state index contributed by atoms with van der Waals surface area (Å²) in [5.74, 6) is 0.605. The molecule has 1 aliphatic rings. The zero-order valence-electron chi connectivity index (χ0n) is 12.4. The number of aromatic nitrogens is 2. The second-order valence-corrected chi connectivity index (χ2v) is 5.62. The van der Waals surface area contributed by atoms with E-state index in [0.717, 1.165) is 24.9 Å². The summed E-state index contributed by atoms with van der Waals surface area (Å²) >= 11 is 0. The van der Waals surface area contributed by atoms with E-state index in [4.69, 9.17) is 0 Å². The van der Waals surface area contributed by atoms with Crippen LogP contribution in [-0.4, -0.2) is 41.6 Å². The number of carbonyl (C=O) groups is 1. The number of nitrogens with zero attached hydrogens (tertiary/aromatic N) is 3. The van der Waals surface area contributed by atoms with Gasteiger partial charge < -0.3 is 15.5 Å². The summed E-state index contributed by atoms with van der Waals surface area (Å²) in [5.41, 5.74) is 1.04. The molecule has 2 rings (SSSR count). The van der Waals surface area contributed by atoms with Crippen LogP contribution in [0.4, 0.5) is 5.95 Å². The Hall–Kier alpha value is -1.69. The van der Waals surface area contributed by atoms with Gasteiger partial charge in [0.05, 0.1) is 6.54 Å². The van der Waals surface area contributed by atoms with Crippen LogP contribution in [0, 0.1) is 0 Å². The molecule has 6 nitrogen and oxygen atoms in total. The molecule has 6 heteroatoms. The molecule has 0 radical (unpaired) electrons. The fourth-order valence-corrected chi connectivity index (χ4v) is 1.75. The van der Waals surface area contributed by atoms with Crippen molar-refractivity contribution in [2.45, 2.75) is 45.3 Å². The van der Waals surface area contributed by atoms with Crippen molar-refractivity contribution < 1.29 is 4.79 Å². The van der Waals surface area contributed by atoms with Gasteiger partial charge in [0, 0.05) is 43.6 Å². The van der Waals surface area contributed by atoms with Gasteiger partial charge in [0.2, 0.25) is 11.9 Å². The molecule has 2 N–H and O–H groups in total. The summed E-state index contributed by atoms with van der Waals surface area (Å²) in [7, 11) is 1.83. The van der Waals surface area contributed by atoms with E-state index in [1.54, 1.807) is 17.3 Å². The van der Waals surface area contributed by atoms with Crippen LogP contribution < -0.4 is 15.5 Å². The van der Waals surface area contributed by atoms with E-state index in [-0.39, 0.29) is 5.91 Å². The maximum Gasteiger partial charge on any atom is 0.239 e. The van der Waals surface area contributed by atoms with E-state index in [1.165, 1.54) is 0 Å². The summed E-state index contributed by atoms with van der Waals surface area (Å²) < 4.78 is 0. The fourth-order valence-electron chi connectivity index (χ4n) is 1.75. The Morgan fingerprint density at radius 2 is 2.05 bits per heavy atom. The Morgan fingerprint density at radius 3 is 2.60 bits per heavy atom. The average molecular weight is 277 g/mol. The number of hydrogen-bond donors (Lipinski definition) is 2. The standard InChI is InChI=1S/C14H23N5O/c1-10(2)15-6-11-7-16-14(17-8-11)19(3)9-13(20)18-12-4-5-12/h7-8,10,12,15H,4-6,9H2,1-3H3,(H,18,20). The molecule has 0 atom stereocenters. The van der Waals surface area contributed by atoms with E-state index in [9.17, 15) is 4.79 Å². The highest BCUT2D eigenvalue weighted by Crippen LogP contribution is 2.18. The molecule has 1 saturated carbocycles. The lowest BCUT2D eigenvalue weighted by Gasteiger charge is -2.16. The van der Waals surface area contributed by atoms with Crippen molar-refractivity contribution in [3.05, 3.63) is 18.0 Å². The van der Waals surface area contributed by atoms with E-state index < -0.39 is 0 Å². The number of likely N-dealkylation sites (N-methyl/N-ethyl adjacent to an activating group) is 1. The number of nitrogens with one attached hydrogen (secondary N) is 2. The summed E-state index contributed by atoms with van der Waals surface area (Å²) in [6.07, 6.45) is 5.80. The molecule has 1 heterocycles. The molecule has 1 amide bonds. The van der Waals surface area contributed by atoms with Crippen LogP contribution in [0.2, 0.25) is 0 Å². The highest BCUT2D eigenvalue weighted by Gasteiger charge is 2.23. The van der Waals surface area contributed by atoms with E-state index in [2.05, 4.69) is 34.4 Å². The predicted octanol–water partition coefficient (Wildman–Crippen LogP) is 0.689. The monoisotopic (exact) mass is 277 g/mol. The number of anilines is 1. The minimum Gasteiger partial charge on any atom is -0.352 e. The highest BCUT2D eigenvalue weighted by molar-refractivity contribution is 5.81. The molecule has 1 aromatic heterocycles. The van der Waals surface area contributed by atoms with Crippen molar-refractivity contribution in [3.8, 4) is 0 Å². The number of hydrogen-bond acceptors (Lipinski definition) is 5. The quantitative estimate of drug-likeness (QED) is 0.767. The van der Waals surface area contributed by atoms with Gasteiger partial charge in [-0.05, 0) is 12.8 Å². The molecule has 0 aromatic carbocycles. The Bertz CT molecular complexity index is 441. The lowest BCUT2D eigenvalue weighted by atomic mass is 10.3. The first-order valence-corrected chi connectivity index (χ1v) is 7.09. The van der Waals surface area contributed by atoms with Crippen molar-refractivity contribution in [3.63, 3.8) is 0 Å². The van der Waals surface area contributed by atoms with Gasteiger partial charge >= 0.3 is 0 Å². The molecule has 1 fully saturated rings. The number of rotatable bonds is 7. The number of amides is 1. The van der Waals surface area contributed by atoms with E-state index in [0.29, 0.717) is 24.6 Å². The molecule has 1 aromatic rings. The van der Waals surface area contributed by atoms with Crippen LogP contribution in [0.3, 0.4) is 0 Å². The maximum atomic E-state index is 11.7. The highest BCUT2D eigenvalue weighted by atomic mass is 16.2. The van der Waals surface area contributed by atoms with Gasteiger partial charge in [-0.3, -0.25) is 4.79 Å². The third kappa shape index (κ3) is 4.77. The second kappa shape index (κ2) is 6.65. The molecule has 0 saturated heterocycles. The van der Waals surface area contributed by atoms with Gasteiger partial charge in [-0.15, -0.1) is 0 Å². The van der Waals surface area contributed by atoms with Crippen LogP contribution in [0.25, 0.3) is 0 Å². The SMILES string of the molecule is CC(C)NCc1cnc(N(C)CC(=O)NC2CC2)nc1. The van der Waals surface area contributed by atoms with Gasteiger partial charge in [-0.1, -0.05) is 13.8 Å². The normalized spacial score (nSPS) is 14.4. The van der Waals surface area contributed by atoms with Crippen LogP contribution >= 0.6 is 0 Å². The smallest absolute Gasteiger partial charge is 0.239 e. The summed E-state index contributed by atoms with van der Waals surface area (Å²) in [6.45, 7) is 5.24. The zero-order chi connectivity index (χ0) is 14.5. The van der Waals surface area contributed by atoms with Crippen LogP contribution in [-0.2, 0) is 11.3 Å². The topological polar surface area (TPSA) is 70.2 Å². The Labute approximate surface area is 120 Å². The predicted molar refractivity (Wildman–Crippen MR) is 78.4 cm³/mol. The molecule has 110 valence electrons. The van der Waals surface area contributed by atoms with Crippen molar-refractivity contribution >= 4 is 11.9 Å². The summed E-state index contributed by atoms with van der Waals surface area (Å²) in [4.78, 5) is 22.1. The van der Waals surface area contributed by atoms with Gasteiger partial charge in [0.1, 0.15) is 0 Å². The van der Waals surface area contributed by atoms with Crippen LogP contribution in [0.1, 0.15) is 32.3 Å². The first-order chi connectivity index (χ1) is 9.54. The van der Waals surface area contributed by atoms with Crippen molar-refractivity contribution in [2.75, 3.05) is 18.5 Å². The lowest BCUT2D eigenvalue weighted by Crippen LogP contribution is -2.36. The fraction of sp³-hybridized carbons (Fsp3) is 0.643. The molecule has 0 bridgehead atoms. The lowest BCUT2D eigenvalue weighted by molar-refractivity contribution is -0.119. The molecule has 0 spiro atoms. The maximum absolute atomic E-state index is 11.7. The molecule has 0 unspecified atom stereocenters. The van der Waals surface area contributed by atoms with Gasteiger partial charge in [0.25, 0.3) is 0 Å². The Balaban J connectivity index is 1.82. The Kier molecular flexibility index (Phi) is 4.89. The van der Waals surface area contributed by atoms with E-state index in [1.807, 2.05) is 7.05 Å². The third-order valence-corrected chi connectivity index (χ3v) is 3.07. The van der Waals surface area contributed by atoms with Gasteiger partial charge in [-0.2, -0.15) is 0 Å². The summed E-state index contributed by atoms with van der Waals surface area (Å²) in [5, 5.41) is 6.27. The Morgan fingerprint density at radius 1 is 1.40 bits per heavy atom. The minimum atomic E-state index is 0.0316. The van der Waals surface area contributed by atoms with Crippen molar-refractivity contribution in [2.24, 2.45) is 0 Å².